The van der Waals surface area contributed by atoms with Gasteiger partial charge in [0.25, 0.3) is 8.53 Å². The molecular weight excluding hydrogens is 523 g/mol. The van der Waals surface area contributed by atoms with Crippen molar-refractivity contribution in [2.24, 2.45) is 46.3 Å². The highest BCUT2D eigenvalue weighted by molar-refractivity contribution is 7.44. The third kappa shape index (κ3) is 7.11. The van der Waals surface area contributed by atoms with Crippen molar-refractivity contribution in [3.05, 3.63) is 11.6 Å². The van der Waals surface area contributed by atoms with Crippen LogP contribution in [-0.2, 0) is 9.05 Å². The van der Waals surface area contributed by atoms with E-state index >= 15 is 0 Å². The molecule has 0 aromatic carbocycles. The zero-order chi connectivity index (χ0) is 29.9. The fourth-order valence-electron chi connectivity index (χ4n) is 10.2. The first-order chi connectivity index (χ1) is 19.4. The van der Waals surface area contributed by atoms with Gasteiger partial charge in [0.1, 0.15) is 0 Å². The molecule has 5 heteroatoms. The third-order valence-electron chi connectivity index (χ3n) is 12.2. The van der Waals surface area contributed by atoms with Crippen LogP contribution in [0.15, 0.2) is 11.6 Å². The Kier molecular flexibility index (Phi) is 11.5. The van der Waals surface area contributed by atoms with Crippen LogP contribution in [0.4, 0.5) is 0 Å². The van der Waals surface area contributed by atoms with Crippen LogP contribution in [0.25, 0.3) is 0 Å². The molecule has 4 nitrogen and oxygen atoms in total. The molecule has 0 heterocycles. The summed E-state index contributed by atoms with van der Waals surface area (Å²) < 4.78 is 15.5. The van der Waals surface area contributed by atoms with Crippen molar-refractivity contribution >= 4 is 8.53 Å². The minimum absolute atomic E-state index is 0.218. The number of hydrogen-bond donors (Lipinski definition) is 0. The lowest BCUT2D eigenvalue weighted by Crippen LogP contribution is -2.51. The van der Waals surface area contributed by atoms with E-state index in [4.69, 9.17) is 14.3 Å². The lowest BCUT2D eigenvalue weighted by Gasteiger charge is -2.58. The van der Waals surface area contributed by atoms with E-state index in [-0.39, 0.29) is 6.10 Å². The maximum Gasteiger partial charge on any atom is 0.259 e. The van der Waals surface area contributed by atoms with E-state index in [2.05, 4.69) is 79.1 Å². The van der Waals surface area contributed by atoms with Gasteiger partial charge in [0.15, 0.2) is 0 Å². The standard InChI is InChI=1S/C36H63N2O2P/c1-25(2)12-10-13-28(7)32-16-17-33-31-15-14-29-24-30(18-20-35(29,8)34(31)19-21-36(32,33)9)40-41(39-23-11-22-37)38(26(3)4)27(5)6/h14,25-28,30-34H,10-13,15-21,23-24H2,1-9H3/t28-,30+,31+,32-,33?,34+,35+,36-,41?/m1/s1. The maximum atomic E-state index is 9.09. The summed E-state index contributed by atoms with van der Waals surface area (Å²) in [7, 11) is -1.17. The van der Waals surface area contributed by atoms with Crippen molar-refractivity contribution in [3.63, 3.8) is 0 Å². The fraction of sp³-hybridized carbons (Fsp3) is 0.917. The van der Waals surface area contributed by atoms with Gasteiger partial charge in [0.2, 0.25) is 0 Å². The largest absolute Gasteiger partial charge is 0.321 e. The molecule has 41 heavy (non-hydrogen) atoms. The number of hydrogen-bond acceptors (Lipinski definition) is 4. The molecular formula is C36H63N2O2P. The molecule has 0 amide bonds. The van der Waals surface area contributed by atoms with E-state index < -0.39 is 8.53 Å². The van der Waals surface area contributed by atoms with Gasteiger partial charge in [-0.3, -0.25) is 0 Å². The normalized spacial score (nSPS) is 36.6. The molecule has 0 aromatic rings. The number of nitriles is 1. The Morgan fingerprint density at radius 3 is 2.37 bits per heavy atom. The molecule has 2 unspecified atom stereocenters. The second-order valence-corrected chi connectivity index (χ2v) is 17.2. The molecule has 0 N–H and O–H groups in total. The second kappa shape index (κ2) is 14.1. The number of rotatable bonds is 13. The van der Waals surface area contributed by atoms with Crippen LogP contribution in [0, 0.1) is 57.7 Å². The minimum Gasteiger partial charge on any atom is -0.321 e. The van der Waals surface area contributed by atoms with Gasteiger partial charge in [-0.15, -0.1) is 0 Å². The van der Waals surface area contributed by atoms with Crippen LogP contribution in [0.1, 0.15) is 139 Å². The van der Waals surface area contributed by atoms with Gasteiger partial charge in [-0.1, -0.05) is 65.5 Å². The van der Waals surface area contributed by atoms with Gasteiger partial charge >= 0.3 is 0 Å². The Morgan fingerprint density at radius 1 is 0.976 bits per heavy atom. The second-order valence-electron chi connectivity index (χ2n) is 15.8. The summed E-state index contributed by atoms with van der Waals surface area (Å²) in [6, 6.07) is 2.92. The average molecular weight is 587 g/mol. The van der Waals surface area contributed by atoms with Gasteiger partial charge in [-0.2, -0.15) is 5.26 Å². The summed E-state index contributed by atoms with van der Waals surface area (Å²) in [6.07, 6.45) is 18.0. The quantitative estimate of drug-likeness (QED) is 0.122. The Bertz CT molecular complexity index is 919. The van der Waals surface area contributed by atoms with E-state index in [1.807, 2.05) is 0 Å². The molecule has 0 saturated heterocycles. The highest BCUT2D eigenvalue weighted by Crippen LogP contribution is 2.67. The van der Waals surface area contributed by atoms with Crippen LogP contribution < -0.4 is 0 Å². The van der Waals surface area contributed by atoms with Gasteiger partial charge < -0.3 is 9.05 Å². The molecule has 3 saturated carbocycles. The van der Waals surface area contributed by atoms with Crippen LogP contribution >= 0.6 is 8.53 Å². The zero-order valence-electron chi connectivity index (χ0n) is 28.1. The molecule has 0 spiro atoms. The first-order valence-corrected chi connectivity index (χ1v) is 18.5. The van der Waals surface area contributed by atoms with Crippen molar-refractivity contribution < 1.29 is 9.05 Å². The Hall–Kier alpha value is -0.460. The van der Waals surface area contributed by atoms with Gasteiger partial charge in [0, 0.05) is 12.1 Å². The van der Waals surface area contributed by atoms with Crippen molar-refractivity contribution in [1.82, 2.24) is 4.67 Å². The Morgan fingerprint density at radius 2 is 1.71 bits per heavy atom. The fourth-order valence-corrected chi connectivity index (χ4v) is 11.9. The van der Waals surface area contributed by atoms with Crippen LogP contribution in [0.3, 0.4) is 0 Å². The van der Waals surface area contributed by atoms with Gasteiger partial charge in [-0.25, -0.2) is 4.67 Å². The van der Waals surface area contributed by atoms with E-state index in [9.17, 15) is 0 Å². The first kappa shape index (κ1) is 33.4. The van der Waals surface area contributed by atoms with E-state index in [1.54, 1.807) is 5.57 Å². The summed E-state index contributed by atoms with van der Waals surface area (Å²) in [6.45, 7) is 22.0. The molecule has 4 aliphatic carbocycles. The summed E-state index contributed by atoms with van der Waals surface area (Å²) in [4.78, 5) is 0. The minimum atomic E-state index is -1.17. The van der Waals surface area contributed by atoms with Gasteiger partial charge in [0.05, 0.1) is 25.2 Å². The van der Waals surface area contributed by atoms with Crippen LogP contribution in [0.5, 0.6) is 0 Å². The van der Waals surface area contributed by atoms with Crippen LogP contribution in [0.2, 0.25) is 0 Å². The number of allylic oxidation sites excluding steroid dienone is 1. The van der Waals surface area contributed by atoms with Crippen molar-refractivity contribution in [1.29, 1.82) is 5.26 Å². The highest BCUT2D eigenvalue weighted by atomic mass is 31.2. The number of fused-ring (bicyclic) bond motifs is 5. The average Bonchev–Trinajstić information content (AvgIpc) is 3.25. The van der Waals surface area contributed by atoms with E-state index in [0.717, 1.165) is 48.3 Å². The van der Waals surface area contributed by atoms with Crippen molar-refractivity contribution in [3.8, 4) is 6.07 Å². The lowest BCUT2D eigenvalue weighted by atomic mass is 9.47. The van der Waals surface area contributed by atoms with E-state index in [1.165, 1.54) is 57.8 Å². The summed E-state index contributed by atoms with van der Waals surface area (Å²) in [5.74, 6) is 5.26. The molecule has 0 bridgehead atoms. The number of nitrogens with zero attached hydrogens (tertiary/aromatic N) is 2. The summed E-state index contributed by atoms with van der Waals surface area (Å²) in [5.41, 5.74) is 2.57. The van der Waals surface area contributed by atoms with Crippen LogP contribution in [-0.4, -0.2) is 29.5 Å². The van der Waals surface area contributed by atoms with Crippen molar-refractivity contribution in [2.75, 3.05) is 6.61 Å². The topological polar surface area (TPSA) is 45.5 Å². The zero-order valence-corrected chi connectivity index (χ0v) is 29.0. The summed E-state index contributed by atoms with van der Waals surface area (Å²) >= 11 is 0. The maximum absolute atomic E-state index is 9.09. The molecule has 9 atom stereocenters. The summed E-state index contributed by atoms with van der Waals surface area (Å²) in [5, 5.41) is 9.09. The molecule has 4 rings (SSSR count). The molecule has 3 fully saturated rings. The monoisotopic (exact) mass is 586 g/mol. The first-order valence-electron chi connectivity index (χ1n) is 17.4. The van der Waals surface area contributed by atoms with Gasteiger partial charge in [-0.05, 0) is 125 Å². The third-order valence-corrected chi connectivity index (χ3v) is 14.3. The molecule has 0 aromatic heterocycles. The Balaban J connectivity index is 1.44. The van der Waals surface area contributed by atoms with E-state index in [0.29, 0.717) is 35.9 Å². The molecule has 0 aliphatic heterocycles. The Labute approximate surface area is 255 Å². The molecule has 0 radical (unpaired) electrons. The predicted octanol–water partition coefficient (Wildman–Crippen LogP) is 10.7. The smallest absolute Gasteiger partial charge is 0.259 e. The van der Waals surface area contributed by atoms with Crippen molar-refractivity contribution in [2.45, 2.75) is 158 Å². The SMILES string of the molecule is CC(C)CCC[C@@H](C)[C@H]1CCC2[C@@H]3CC=C4C[C@@H](OP(OCCC#N)N(C(C)C)C(C)C)CC[C@]4(C)[C@H]3CC[C@@]21C. The predicted molar refractivity (Wildman–Crippen MR) is 173 cm³/mol. The molecule has 234 valence electrons. The molecule has 4 aliphatic rings. The lowest BCUT2D eigenvalue weighted by molar-refractivity contribution is -0.0565. The highest BCUT2D eigenvalue weighted by Gasteiger charge is 2.59.